The molecule has 0 aliphatic carbocycles. The number of anilines is 2. The van der Waals surface area contributed by atoms with Gasteiger partial charge in [0.05, 0.1) is 5.56 Å². The maximum atomic E-state index is 14.2. The van der Waals surface area contributed by atoms with E-state index in [-0.39, 0.29) is 11.6 Å². The lowest BCUT2D eigenvalue weighted by Crippen LogP contribution is -2.47. The van der Waals surface area contributed by atoms with Gasteiger partial charge in [-0.1, -0.05) is 12.1 Å². The molecule has 8 heteroatoms. The average molecular weight is 392 g/mol. The van der Waals surface area contributed by atoms with Gasteiger partial charge in [0.1, 0.15) is 17.5 Å². The van der Waals surface area contributed by atoms with Gasteiger partial charge in [-0.3, -0.25) is 0 Å². The largest absolute Gasteiger partial charge is 0.368 e. The van der Waals surface area contributed by atoms with Crippen molar-refractivity contribution in [2.75, 3.05) is 36.0 Å². The van der Waals surface area contributed by atoms with Crippen molar-refractivity contribution >= 4 is 17.2 Å². The van der Waals surface area contributed by atoms with Crippen molar-refractivity contribution in [3.63, 3.8) is 0 Å². The molecule has 6 nitrogen and oxygen atoms in total. The minimum absolute atomic E-state index is 0.232. The molecule has 0 radical (unpaired) electrons. The molecule has 1 aliphatic heterocycles. The second-order valence-corrected chi connectivity index (χ2v) is 6.92. The number of benzene rings is 2. The maximum absolute atomic E-state index is 14.2. The van der Waals surface area contributed by atoms with Gasteiger partial charge < -0.3 is 9.80 Å². The summed E-state index contributed by atoms with van der Waals surface area (Å²) in [5.41, 5.74) is 1.94. The Bertz CT molecular complexity index is 1150. The highest BCUT2D eigenvalue weighted by Crippen LogP contribution is 2.23. The van der Waals surface area contributed by atoms with Crippen LogP contribution < -0.4 is 9.80 Å². The minimum atomic E-state index is -0.359. The van der Waals surface area contributed by atoms with E-state index < -0.39 is 0 Å². The fraction of sp³-hybridized carbons (Fsp3) is 0.190. The average Bonchev–Trinajstić information content (AvgIpc) is 3.18. The number of hydrogen-bond donors (Lipinski definition) is 0. The lowest BCUT2D eigenvalue weighted by Gasteiger charge is -2.36. The molecule has 0 atom stereocenters. The first-order chi connectivity index (χ1) is 14.2. The van der Waals surface area contributed by atoms with Crippen LogP contribution >= 0.6 is 0 Å². The van der Waals surface area contributed by atoms with E-state index in [4.69, 9.17) is 0 Å². The summed E-state index contributed by atoms with van der Waals surface area (Å²) in [6.45, 7) is 3.14. The lowest BCUT2D eigenvalue weighted by molar-refractivity contribution is 0.622. The van der Waals surface area contributed by atoms with Crippen molar-refractivity contribution in [2.24, 2.45) is 0 Å². The first-order valence-corrected chi connectivity index (χ1v) is 9.42. The van der Waals surface area contributed by atoms with Crippen LogP contribution in [0.4, 0.5) is 20.3 Å². The van der Waals surface area contributed by atoms with Gasteiger partial charge in [-0.15, -0.1) is 15.3 Å². The van der Waals surface area contributed by atoms with Crippen LogP contribution in [0.3, 0.4) is 0 Å². The van der Waals surface area contributed by atoms with Gasteiger partial charge in [0.2, 0.25) is 0 Å². The van der Waals surface area contributed by atoms with Crippen LogP contribution in [0.25, 0.3) is 17.0 Å². The van der Waals surface area contributed by atoms with E-state index in [1.54, 1.807) is 34.8 Å². The van der Waals surface area contributed by atoms with E-state index in [0.717, 1.165) is 37.7 Å². The summed E-state index contributed by atoms with van der Waals surface area (Å²) >= 11 is 0. The Morgan fingerprint density at radius 2 is 1.45 bits per heavy atom. The topological polar surface area (TPSA) is 49.6 Å². The quantitative estimate of drug-likeness (QED) is 0.535. The Kier molecular flexibility index (Phi) is 4.31. The molecule has 5 rings (SSSR count). The molecule has 29 heavy (non-hydrogen) atoms. The molecule has 0 spiro atoms. The van der Waals surface area contributed by atoms with Crippen LogP contribution in [-0.4, -0.2) is 46.0 Å². The third-order valence-electron chi connectivity index (χ3n) is 5.16. The van der Waals surface area contributed by atoms with Gasteiger partial charge >= 0.3 is 0 Å². The third-order valence-corrected chi connectivity index (χ3v) is 5.16. The normalized spacial score (nSPS) is 14.6. The van der Waals surface area contributed by atoms with Crippen LogP contribution in [0.2, 0.25) is 0 Å². The predicted octanol–water partition coefficient (Wildman–Crippen LogP) is 3.40. The third kappa shape index (κ3) is 3.26. The summed E-state index contributed by atoms with van der Waals surface area (Å²) < 4.78 is 28.9. The number of aromatic nitrogens is 4. The molecule has 4 aromatic rings. The van der Waals surface area contributed by atoms with Crippen molar-refractivity contribution in [2.45, 2.75) is 0 Å². The number of piperazine rings is 1. The molecule has 2 aromatic heterocycles. The van der Waals surface area contributed by atoms with Crippen LogP contribution in [-0.2, 0) is 0 Å². The summed E-state index contributed by atoms with van der Waals surface area (Å²) in [7, 11) is 0. The van der Waals surface area contributed by atoms with Crippen LogP contribution in [0.1, 0.15) is 0 Å². The van der Waals surface area contributed by atoms with E-state index in [1.165, 1.54) is 18.2 Å². The van der Waals surface area contributed by atoms with Gasteiger partial charge in [-0.05, 0) is 48.5 Å². The smallest absolute Gasteiger partial charge is 0.188 e. The Hall–Kier alpha value is -3.55. The standard InChI is InChI=1S/C21H18F2N6/c22-15-5-7-16(8-6-15)27-11-13-28(14-12-27)20-10-9-19-24-25-21(29(19)26-20)17-3-1-2-4-18(17)23/h1-10H,11-14H2. The number of nitrogens with zero attached hydrogens (tertiary/aromatic N) is 6. The SMILES string of the molecule is Fc1ccc(N2CCN(c3ccc4nnc(-c5ccccc5F)n4n3)CC2)cc1. The van der Waals surface area contributed by atoms with Gasteiger partial charge in [-0.25, -0.2) is 8.78 Å². The molecular weight excluding hydrogens is 374 g/mol. The van der Waals surface area contributed by atoms with Crippen molar-refractivity contribution < 1.29 is 8.78 Å². The second-order valence-electron chi connectivity index (χ2n) is 6.92. The summed E-state index contributed by atoms with van der Waals surface area (Å²) in [5, 5.41) is 12.9. The highest BCUT2D eigenvalue weighted by Gasteiger charge is 2.20. The fourth-order valence-corrected chi connectivity index (χ4v) is 3.60. The summed E-state index contributed by atoms with van der Waals surface area (Å²) in [5.74, 6) is 0.574. The number of fused-ring (bicyclic) bond motifs is 1. The molecule has 0 bridgehead atoms. The Balaban J connectivity index is 1.39. The van der Waals surface area contributed by atoms with E-state index in [2.05, 4.69) is 25.1 Å². The van der Waals surface area contributed by atoms with E-state index in [9.17, 15) is 8.78 Å². The number of rotatable bonds is 3. The predicted molar refractivity (Wildman–Crippen MR) is 107 cm³/mol. The van der Waals surface area contributed by atoms with Gasteiger partial charge in [0.15, 0.2) is 11.5 Å². The number of halogens is 2. The zero-order valence-electron chi connectivity index (χ0n) is 15.5. The Labute approximate surface area is 166 Å². The first kappa shape index (κ1) is 17.5. The Morgan fingerprint density at radius 1 is 0.724 bits per heavy atom. The highest BCUT2D eigenvalue weighted by molar-refractivity contribution is 5.60. The lowest BCUT2D eigenvalue weighted by atomic mass is 10.2. The summed E-state index contributed by atoms with van der Waals surface area (Å²) in [6.07, 6.45) is 0. The minimum Gasteiger partial charge on any atom is -0.368 e. The van der Waals surface area contributed by atoms with Crippen molar-refractivity contribution in [3.05, 3.63) is 72.3 Å². The monoisotopic (exact) mass is 392 g/mol. The molecule has 3 heterocycles. The molecule has 1 saturated heterocycles. The van der Waals surface area contributed by atoms with E-state index in [0.29, 0.717) is 17.0 Å². The highest BCUT2D eigenvalue weighted by atomic mass is 19.1. The Morgan fingerprint density at radius 3 is 2.21 bits per heavy atom. The van der Waals surface area contributed by atoms with Crippen molar-refractivity contribution in [1.82, 2.24) is 19.8 Å². The summed E-state index contributed by atoms with van der Waals surface area (Å²) in [4.78, 5) is 4.39. The van der Waals surface area contributed by atoms with Crippen LogP contribution in [0, 0.1) is 11.6 Å². The molecular formula is C21H18F2N6. The summed E-state index contributed by atoms with van der Waals surface area (Å²) in [6, 6.07) is 16.8. The molecule has 0 saturated carbocycles. The zero-order valence-corrected chi connectivity index (χ0v) is 15.5. The molecule has 1 fully saturated rings. The first-order valence-electron chi connectivity index (χ1n) is 9.42. The van der Waals surface area contributed by atoms with Crippen LogP contribution in [0.15, 0.2) is 60.7 Å². The molecule has 0 N–H and O–H groups in total. The molecule has 146 valence electrons. The second kappa shape index (κ2) is 7.12. The van der Waals surface area contributed by atoms with E-state index in [1.807, 2.05) is 12.1 Å². The maximum Gasteiger partial charge on any atom is 0.188 e. The molecule has 0 amide bonds. The van der Waals surface area contributed by atoms with Crippen LogP contribution in [0.5, 0.6) is 0 Å². The molecule has 1 aliphatic rings. The fourth-order valence-electron chi connectivity index (χ4n) is 3.60. The number of hydrogen-bond acceptors (Lipinski definition) is 5. The van der Waals surface area contributed by atoms with Gasteiger partial charge in [0, 0.05) is 31.9 Å². The molecule has 2 aromatic carbocycles. The molecule has 0 unspecified atom stereocenters. The van der Waals surface area contributed by atoms with Gasteiger partial charge in [-0.2, -0.15) is 4.52 Å². The zero-order chi connectivity index (χ0) is 19.8. The van der Waals surface area contributed by atoms with E-state index >= 15 is 0 Å². The van der Waals surface area contributed by atoms with Crippen molar-refractivity contribution in [3.8, 4) is 11.4 Å². The van der Waals surface area contributed by atoms with Crippen molar-refractivity contribution in [1.29, 1.82) is 0 Å². The van der Waals surface area contributed by atoms with Gasteiger partial charge in [0.25, 0.3) is 0 Å².